The first-order chi connectivity index (χ1) is 12.1. The van der Waals surface area contributed by atoms with Crippen molar-refractivity contribution in [3.8, 4) is 0 Å². The van der Waals surface area contributed by atoms with Gasteiger partial charge in [0.2, 0.25) is 5.91 Å². The number of piperidine rings is 1. The Balaban J connectivity index is 1.53. The number of carbonyl (C=O) groups is 1. The van der Waals surface area contributed by atoms with Crippen molar-refractivity contribution in [2.45, 2.75) is 39.8 Å². The smallest absolute Gasteiger partial charge is 0.224 e. The predicted octanol–water partition coefficient (Wildman–Crippen LogP) is 3.83. The van der Waals surface area contributed by atoms with E-state index >= 15 is 0 Å². The molecular formula is C22H28N2O. The number of amides is 1. The van der Waals surface area contributed by atoms with Gasteiger partial charge in [0.15, 0.2) is 0 Å². The van der Waals surface area contributed by atoms with Gasteiger partial charge in [-0.2, -0.15) is 0 Å². The maximum Gasteiger partial charge on any atom is 0.224 e. The third-order valence-corrected chi connectivity index (χ3v) is 5.08. The van der Waals surface area contributed by atoms with Crippen LogP contribution in [0.15, 0.2) is 48.5 Å². The molecule has 1 aliphatic heterocycles. The number of hydrogen-bond acceptors (Lipinski definition) is 2. The summed E-state index contributed by atoms with van der Waals surface area (Å²) in [4.78, 5) is 15.0. The van der Waals surface area contributed by atoms with E-state index in [0.717, 1.165) is 32.5 Å². The van der Waals surface area contributed by atoms with Crippen molar-refractivity contribution in [2.24, 2.45) is 5.92 Å². The van der Waals surface area contributed by atoms with Crippen molar-refractivity contribution in [1.29, 1.82) is 0 Å². The second-order valence-electron chi connectivity index (χ2n) is 7.21. The minimum atomic E-state index is 0.0996. The van der Waals surface area contributed by atoms with Gasteiger partial charge in [-0.25, -0.2) is 0 Å². The summed E-state index contributed by atoms with van der Waals surface area (Å²) in [5, 5.41) is 3.14. The number of hydrogen-bond donors (Lipinski definition) is 1. The van der Waals surface area contributed by atoms with Crippen LogP contribution in [0.4, 0.5) is 0 Å². The van der Waals surface area contributed by atoms with Crippen LogP contribution < -0.4 is 5.32 Å². The van der Waals surface area contributed by atoms with E-state index in [0.29, 0.717) is 6.54 Å². The molecule has 132 valence electrons. The van der Waals surface area contributed by atoms with Crippen LogP contribution in [0, 0.1) is 19.8 Å². The third-order valence-electron chi connectivity index (χ3n) is 5.08. The summed E-state index contributed by atoms with van der Waals surface area (Å²) < 4.78 is 0. The van der Waals surface area contributed by atoms with Crippen LogP contribution in [0.3, 0.4) is 0 Å². The average Bonchev–Trinajstić information content (AvgIpc) is 2.61. The Labute approximate surface area is 151 Å². The van der Waals surface area contributed by atoms with Crippen molar-refractivity contribution in [3.63, 3.8) is 0 Å². The van der Waals surface area contributed by atoms with E-state index < -0.39 is 0 Å². The van der Waals surface area contributed by atoms with E-state index in [1.165, 1.54) is 22.3 Å². The standard InChI is InChI=1S/C22H28N2O/c1-17-7-5-9-19(13-17)15-24-12-6-11-21(16-24)22(25)23-14-20-10-4-3-8-18(20)2/h3-5,7-10,13,21H,6,11-12,14-16H2,1-2H3,(H,23,25). The molecule has 1 atom stereocenters. The largest absolute Gasteiger partial charge is 0.352 e. The molecule has 1 N–H and O–H groups in total. The second-order valence-corrected chi connectivity index (χ2v) is 7.21. The Morgan fingerprint density at radius 3 is 2.80 bits per heavy atom. The van der Waals surface area contributed by atoms with Gasteiger partial charge in [-0.05, 0) is 49.9 Å². The predicted molar refractivity (Wildman–Crippen MR) is 102 cm³/mol. The quantitative estimate of drug-likeness (QED) is 0.900. The molecule has 3 heteroatoms. The van der Waals surface area contributed by atoms with Gasteiger partial charge in [0.25, 0.3) is 0 Å². The number of likely N-dealkylation sites (tertiary alicyclic amines) is 1. The zero-order valence-corrected chi connectivity index (χ0v) is 15.3. The van der Waals surface area contributed by atoms with Gasteiger partial charge in [-0.15, -0.1) is 0 Å². The van der Waals surface area contributed by atoms with Crippen molar-refractivity contribution in [3.05, 3.63) is 70.8 Å². The van der Waals surface area contributed by atoms with Crippen molar-refractivity contribution < 1.29 is 4.79 Å². The first-order valence-corrected chi connectivity index (χ1v) is 9.22. The molecule has 1 unspecified atom stereocenters. The Bertz CT molecular complexity index is 725. The van der Waals surface area contributed by atoms with Crippen LogP contribution in [0.5, 0.6) is 0 Å². The van der Waals surface area contributed by atoms with Crippen LogP contribution in [0.1, 0.15) is 35.1 Å². The van der Waals surface area contributed by atoms with Crippen molar-refractivity contribution in [1.82, 2.24) is 10.2 Å². The molecule has 1 amide bonds. The van der Waals surface area contributed by atoms with Gasteiger partial charge in [0.05, 0.1) is 5.92 Å². The fourth-order valence-corrected chi connectivity index (χ4v) is 3.62. The number of aryl methyl sites for hydroxylation is 2. The molecule has 1 heterocycles. The summed E-state index contributed by atoms with van der Waals surface area (Å²) >= 11 is 0. The Hall–Kier alpha value is -2.13. The minimum Gasteiger partial charge on any atom is -0.352 e. The molecule has 1 fully saturated rings. The molecule has 1 aliphatic rings. The lowest BCUT2D eigenvalue weighted by molar-refractivity contribution is -0.126. The van der Waals surface area contributed by atoms with E-state index in [4.69, 9.17) is 0 Å². The van der Waals surface area contributed by atoms with E-state index in [9.17, 15) is 4.79 Å². The molecule has 0 aromatic heterocycles. The molecular weight excluding hydrogens is 308 g/mol. The minimum absolute atomic E-state index is 0.0996. The first-order valence-electron chi connectivity index (χ1n) is 9.22. The fraction of sp³-hybridized carbons (Fsp3) is 0.409. The van der Waals surface area contributed by atoms with Gasteiger partial charge in [0, 0.05) is 19.6 Å². The lowest BCUT2D eigenvalue weighted by Crippen LogP contribution is -2.42. The highest BCUT2D eigenvalue weighted by Crippen LogP contribution is 2.19. The Kier molecular flexibility index (Phi) is 5.87. The first kappa shape index (κ1) is 17.7. The highest BCUT2D eigenvalue weighted by molar-refractivity contribution is 5.79. The van der Waals surface area contributed by atoms with E-state index in [2.05, 4.69) is 60.5 Å². The molecule has 0 saturated carbocycles. The van der Waals surface area contributed by atoms with Gasteiger partial charge in [-0.3, -0.25) is 9.69 Å². The Morgan fingerprint density at radius 1 is 1.16 bits per heavy atom. The average molecular weight is 336 g/mol. The number of nitrogens with zero attached hydrogens (tertiary/aromatic N) is 1. The van der Waals surface area contributed by atoms with Crippen LogP contribution in [-0.4, -0.2) is 23.9 Å². The third kappa shape index (κ3) is 4.93. The summed E-state index contributed by atoms with van der Waals surface area (Å²) in [5.41, 5.74) is 5.05. The summed E-state index contributed by atoms with van der Waals surface area (Å²) in [6, 6.07) is 16.9. The molecule has 0 spiro atoms. The zero-order chi connectivity index (χ0) is 17.6. The summed E-state index contributed by atoms with van der Waals surface area (Å²) in [6.45, 7) is 7.71. The molecule has 1 saturated heterocycles. The van der Waals surface area contributed by atoms with E-state index in [1.54, 1.807) is 0 Å². The van der Waals surface area contributed by atoms with E-state index in [-0.39, 0.29) is 11.8 Å². The SMILES string of the molecule is Cc1cccc(CN2CCCC(C(=O)NCc3ccccc3C)C2)c1. The summed E-state index contributed by atoms with van der Waals surface area (Å²) in [5.74, 6) is 0.291. The van der Waals surface area contributed by atoms with Gasteiger partial charge < -0.3 is 5.32 Å². The zero-order valence-electron chi connectivity index (χ0n) is 15.3. The number of nitrogens with one attached hydrogen (secondary N) is 1. The summed E-state index contributed by atoms with van der Waals surface area (Å²) in [7, 11) is 0. The molecule has 3 rings (SSSR count). The number of carbonyl (C=O) groups excluding carboxylic acids is 1. The number of rotatable bonds is 5. The molecule has 3 nitrogen and oxygen atoms in total. The topological polar surface area (TPSA) is 32.3 Å². The van der Waals surface area contributed by atoms with Gasteiger partial charge in [0.1, 0.15) is 0 Å². The summed E-state index contributed by atoms with van der Waals surface area (Å²) in [6.07, 6.45) is 2.08. The molecule has 2 aromatic carbocycles. The molecule has 0 bridgehead atoms. The van der Waals surface area contributed by atoms with Crippen molar-refractivity contribution >= 4 is 5.91 Å². The fourth-order valence-electron chi connectivity index (χ4n) is 3.62. The lowest BCUT2D eigenvalue weighted by Gasteiger charge is -2.32. The van der Waals surface area contributed by atoms with Crippen LogP contribution in [0.2, 0.25) is 0 Å². The van der Waals surface area contributed by atoms with Crippen LogP contribution in [0.25, 0.3) is 0 Å². The molecule has 2 aromatic rings. The van der Waals surface area contributed by atoms with Gasteiger partial charge in [-0.1, -0.05) is 54.1 Å². The van der Waals surface area contributed by atoms with Crippen molar-refractivity contribution in [2.75, 3.05) is 13.1 Å². The molecule has 25 heavy (non-hydrogen) atoms. The van der Waals surface area contributed by atoms with E-state index in [1.807, 2.05) is 12.1 Å². The highest BCUT2D eigenvalue weighted by atomic mass is 16.1. The normalized spacial score (nSPS) is 18.1. The maximum absolute atomic E-state index is 12.6. The maximum atomic E-state index is 12.6. The monoisotopic (exact) mass is 336 g/mol. The Morgan fingerprint density at radius 2 is 2.00 bits per heavy atom. The van der Waals surface area contributed by atoms with Gasteiger partial charge >= 0.3 is 0 Å². The van der Waals surface area contributed by atoms with Crippen LogP contribution in [-0.2, 0) is 17.9 Å². The molecule has 0 radical (unpaired) electrons. The molecule has 0 aliphatic carbocycles. The highest BCUT2D eigenvalue weighted by Gasteiger charge is 2.25. The lowest BCUT2D eigenvalue weighted by atomic mass is 9.96. The number of benzene rings is 2. The second kappa shape index (κ2) is 8.30. The van der Waals surface area contributed by atoms with Crippen LogP contribution >= 0.6 is 0 Å².